The average molecular weight is 141 g/mol. The first-order chi connectivity index (χ1) is 4.35. The molecular weight excluding hydrogens is 124 g/mol. The summed E-state index contributed by atoms with van der Waals surface area (Å²) in [6, 6.07) is 0. The Kier molecular flexibility index (Phi) is 1.40. The van der Waals surface area contributed by atoms with Crippen LogP contribution in [0.3, 0.4) is 0 Å². The molecule has 0 amide bonds. The molecule has 1 aliphatic heterocycles. The minimum atomic E-state index is -0.00521. The predicted octanol–water partition coefficient (Wildman–Crippen LogP) is 0.457. The molecule has 1 aliphatic rings. The summed E-state index contributed by atoms with van der Waals surface area (Å²) in [5, 5.41) is 0. The van der Waals surface area contributed by atoms with Gasteiger partial charge in [0.1, 0.15) is 12.3 Å². The summed E-state index contributed by atoms with van der Waals surface area (Å²) in [7, 11) is 0. The lowest BCUT2D eigenvalue weighted by Crippen LogP contribution is -2.69. The fourth-order valence-electron chi connectivity index (χ4n) is 1.23. The number of nitrogens with two attached hydrogens (primary N) is 1. The molecule has 0 aliphatic carbocycles. The van der Waals surface area contributed by atoms with Crippen molar-refractivity contribution in [3.63, 3.8) is 0 Å². The first-order valence-corrected chi connectivity index (χ1v) is 3.69. The Morgan fingerprint density at radius 2 is 1.80 bits per heavy atom. The van der Waals surface area contributed by atoms with Gasteiger partial charge in [0.25, 0.3) is 0 Å². The zero-order valence-electron chi connectivity index (χ0n) is 7.15. The minimum absolute atomic E-state index is 0.00521. The third-order valence-electron chi connectivity index (χ3n) is 2.51. The molecule has 1 fully saturated rings. The van der Waals surface area contributed by atoms with Crippen LogP contribution in [0, 0.1) is 5.41 Å². The molecule has 1 saturated heterocycles. The van der Waals surface area contributed by atoms with Gasteiger partial charge in [-0.05, 0) is 5.41 Å². The molecule has 0 spiro atoms. The fourth-order valence-corrected chi connectivity index (χ4v) is 1.23. The van der Waals surface area contributed by atoms with Crippen molar-refractivity contribution in [2.24, 2.45) is 11.1 Å². The second kappa shape index (κ2) is 1.82. The third kappa shape index (κ3) is 0.966. The van der Waals surface area contributed by atoms with Gasteiger partial charge < -0.3 is 5.73 Å². The van der Waals surface area contributed by atoms with Crippen LogP contribution in [0.1, 0.15) is 20.8 Å². The highest BCUT2D eigenvalue weighted by Crippen LogP contribution is 2.33. The van der Waals surface area contributed by atoms with E-state index in [0.717, 1.165) is 13.1 Å². The molecule has 0 radical (unpaired) electrons. The highest BCUT2D eigenvalue weighted by Gasteiger charge is 2.52. The van der Waals surface area contributed by atoms with Gasteiger partial charge in [-0.1, -0.05) is 20.8 Å². The molecule has 0 aromatic heterocycles. The lowest BCUT2D eigenvalue weighted by atomic mass is 9.70. The highest BCUT2D eigenvalue weighted by atomic mass is 15.2. The Morgan fingerprint density at radius 1 is 1.40 bits per heavy atom. The number of hydrogen-bond donors (Lipinski definition) is 1. The molecule has 0 atom stereocenters. The molecular formula is C8H17N2+. The largest absolute Gasteiger partial charge is 0.314 e. The molecule has 0 saturated carbocycles. The Balaban J connectivity index is 2.65. The van der Waals surface area contributed by atoms with Crippen molar-refractivity contribution in [2.75, 3.05) is 13.1 Å². The van der Waals surface area contributed by atoms with E-state index < -0.39 is 0 Å². The van der Waals surface area contributed by atoms with Gasteiger partial charge >= 0.3 is 0 Å². The summed E-state index contributed by atoms with van der Waals surface area (Å²) in [6.45, 7) is 12.2. The molecule has 2 N–H and O–H groups in total. The summed E-state index contributed by atoms with van der Waals surface area (Å²) in [5.74, 6) is 0. The summed E-state index contributed by atoms with van der Waals surface area (Å²) < 4.78 is 2.01. The van der Waals surface area contributed by atoms with Crippen molar-refractivity contribution in [1.29, 1.82) is 0 Å². The Hall–Kier alpha value is -0.370. The first-order valence-electron chi connectivity index (χ1n) is 3.69. The second-order valence-electron chi connectivity index (χ2n) is 4.39. The molecule has 2 nitrogen and oxygen atoms in total. The number of nitrogens with zero attached hydrogens (tertiary/aromatic N) is 1. The van der Waals surface area contributed by atoms with Crippen LogP contribution in [-0.2, 0) is 0 Å². The van der Waals surface area contributed by atoms with E-state index in [0.29, 0.717) is 0 Å². The quantitative estimate of drug-likeness (QED) is 0.488. The molecule has 58 valence electrons. The average Bonchev–Trinajstić information content (AvgIpc) is 1.58. The van der Waals surface area contributed by atoms with Crippen LogP contribution in [0.2, 0.25) is 0 Å². The van der Waals surface area contributed by atoms with Crippen molar-refractivity contribution >= 4 is 6.72 Å². The summed E-state index contributed by atoms with van der Waals surface area (Å²) >= 11 is 0. The van der Waals surface area contributed by atoms with Gasteiger partial charge in [-0.2, -0.15) is 0 Å². The van der Waals surface area contributed by atoms with Crippen LogP contribution in [0.5, 0.6) is 0 Å². The van der Waals surface area contributed by atoms with E-state index in [9.17, 15) is 0 Å². The maximum Gasteiger partial charge on any atom is 0.166 e. The number of rotatable bonds is 0. The van der Waals surface area contributed by atoms with E-state index in [2.05, 4.69) is 27.5 Å². The zero-order valence-corrected chi connectivity index (χ0v) is 7.15. The van der Waals surface area contributed by atoms with Gasteiger partial charge in [-0.25, -0.2) is 4.58 Å². The maximum atomic E-state index is 6.09. The van der Waals surface area contributed by atoms with Gasteiger partial charge in [0, 0.05) is 0 Å². The van der Waals surface area contributed by atoms with E-state index >= 15 is 0 Å². The SMILES string of the molecule is C=[N+]1CC(N)(C(C)(C)C)C1. The Morgan fingerprint density at radius 3 is 1.90 bits per heavy atom. The monoisotopic (exact) mass is 141 g/mol. The van der Waals surface area contributed by atoms with Crippen LogP contribution in [-0.4, -0.2) is 29.9 Å². The third-order valence-corrected chi connectivity index (χ3v) is 2.51. The standard InChI is InChI=1S/C8H17N2/c1-7(2,3)8(9)5-10(4)6-8/h4-6,9H2,1-3H3/q+1. The van der Waals surface area contributed by atoms with E-state index in [4.69, 9.17) is 5.73 Å². The van der Waals surface area contributed by atoms with Crippen LogP contribution in [0.25, 0.3) is 0 Å². The van der Waals surface area contributed by atoms with Gasteiger partial charge in [0.05, 0.1) is 0 Å². The Labute approximate surface area is 62.7 Å². The van der Waals surface area contributed by atoms with Crippen LogP contribution >= 0.6 is 0 Å². The van der Waals surface area contributed by atoms with Crippen LogP contribution < -0.4 is 5.73 Å². The topological polar surface area (TPSA) is 29.0 Å². The van der Waals surface area contributed by atoms with Gasteiger partial charge in [0.2, 0.25) is 0 Å². The molecule has 0 aromatic carbocycles. The molecule has 2 heteroatoms. The normalized spacial score (nSPS) is 24.2. The molecule has 0 aromatic rings. The molecule has 10 heavy (non-hydrogen) atoms. The molecule has 1 heterocycles. The fraction of sp³-hybridized carbons (Fsp3) is 0.875. The van der Waals surface area contributed by atoms with Crippen molar-refractivity contribution < 1.29 is 4.58 Å². The van der Waals surface area contributed by atoms with Crippen molar-refractivity contribution in [1.82, 2.24) is 0 Å². The first kappa shape index (κ1) is 7.73. The van der Waals surface area contributed by atoms with Crippen LogP contribution in [0.4, 0.5) is 0 Å². The van der Waals surface area contributed by atoms with Crippen molar-refractivity contribution in [3.05, 3.63) is 0 Å². The van der Waals surface area contributed by atoms with Crippen LogP contribution in [0.15, 0.2) is 0 Å². The summed E-state index contributed by atoms with van der Waals surface area (Å²) in [5.41, 5.74) is 6.29. The van der Waals surface area contributed by atoms with Crippen molar-refractivity contribution in [3.8, 4) is 0 Å². The maximum absolute atomic E-state index is 6.09. The second-order valence-corrected chi connectivity index (χ2v) is 4.39. The van der Waals surface area contributed by atoms with Gasteiger partial charge in [-0.3, -0.25) is 0 Å². The van der Waals surface area contributed by atoms with E-state index in [1.54, 1.807) is 0 Å². The zero-order chi connectivity index (χ0) is 7.99. The van der Waals surface area contributed by atoms with Crippen molar-refractivity contribution in [2.45, 2.75) is 26.3 Å². The predicted molar refractivity (Wildman–Crippen MR) is 43.5 cm³/mol. The van der Waals surface area contributed by atoms with Gasteiger partial charge in [0.15, 0.2) is 13.1 Å². The molecule has 0 unspecified atom stereocenters. The highest BCUT2D eigenvalue weighted by molar-refractivity contribution is 5.17. The summed E-state index contributed by atoms with van der Waals surface area (Å²) in [4.78, 5) is 0. The van der Waals surface area contributed by atoms with E-state index in [1.807, 2.05) is 4.58 Å². The lowest BCUT2D eigenvalue weighted by Gasteiger charge is -2.43. The number of hydrogen-bond acceptors (Lipinski definition) is 1. The molecule has 0 bridgehead atoms. The smallest absolute Gasteiger partial charge is 0.166 e. The van der Waals surface area contributed by atoms with E-state index in [-0.39, 0.29) is 11.0 Å². The lowest BCUT2D eigenvalue weighted by molar-refractivity contribution is -0.608. The molecule has 1 rings (SSSR count). The van der Waals surface area contributed by atoms with Gasteiger partial charge in [-0.15, -0.1) is 0 Å². The minimum Gasteiger partial charge on any atom is -0.314 e. The summed E-state index contributed by atoms with van der Waals surface area (Å²) in [6.07, 6.45) is 0. The van der Waals surface area contributed by atoms with E-state index in [1.165, 1.54) is 0 Å². The Bertz CT molecular complexity index is 157.